The highest BCUT2D eigenvalue weighted by molar-refractivity contribution is 7.13. The lowest BCUT2D eigenvalue weighted by Gasteiger charge is -2.23. The highest BCUT2D eigenvalue weighted by atomic mass is 32.1. The third kappa shape index (κ3) is 2.22. The van der Waals surface area contributed by atoms with Crippen molar-refractivity contribution in [1.29, 1.82) is 0 Å². The summed E-state index contributed by atoms with van der Waals surface area (Å²) in [5.41, 5.74) is 2.66. The van der Waals surface area contributed by atoms with Gasteiger partial charge in [-0.1, -0.05) is 18.6 Å². The van der Waals surface area contributed by atoms with E-state index >= 15 is 0 Å². The van der Waals surface area contributed by atoms with Crippen molar-refractivity contribution >= 4 is 21.6 Å². The van der Waals surface area contributed by atoms with Crippen LogP contribution in [0.3, 0.4) is 0 Å². The summed E-state index contributed by atoms with van der Waals surface area (Å²) in [6.07, 6.45) is 5.16. The predicted molar refractivity (Wildman–Crippen MR) is 73.7 cm³/mol. The third-order valence-electron chi connectivity index (χ3n) is 3.63. The normalized spacial score (nSPS) is 20.9. The smallest absolute Gasteiger partial charge is 0.0592 e. The molecule has 0 aliphatic carbocycles. The molecule has 0 radical (unpaired) electrons. The quantitative estimate of drug-likeness (QED) is 0.879. The Bertz CT molecular complexity index is 512. The highest BCUT2D eigenvalue weighted by Gasteiger charge is 2.15. The average Bonchev–Trinajstić information content (AvgIpc) is 2.74. The van der Waals surface area contributed by atoms with Gasteiger partial charge in [0.05, 0.1) is 10.4 Å². The minimum atomic E-state index is 0.661. The Morgan fingerprint density at radius 2 is 2.35 bits per heavy atom. The van der Waals surface area contributed by atoms with Crippen molar-refractivity contribution in [3.63, 3.8) is 0 Å². The summed E-state index contributed by atoms with van der Waals surface area (Å²) >= 11 is 1.62. The van der Waals surface area contributed by atoms with Crippen LogP contribution in [-0.2, 0) is 6.42 Å². The lowest BCUT2D eigenvalue weighted by Crippen LogP contribution is -2.35. The lowest BCUT2D eigenvalue weighted by atomic mass is 9.95. The zero-order valence-electron chi connectivity index (χ0n) is 10.2. The number of hydrogen-bond acceptors (Lipinski definition) is 3. The van der Waals surface area contributed by atoms with E-state index < -0.39 is 0 Å². The van der Waals surface area contributed by atoms with E-state index in [4.69, 9.17) is 0 Å². The Morgan fingerprint density at radius 1 is 1.41 bits per heavy atom. The van der Waals surface area contributed by atoms with Crippen LogP contribution in [-0.4, -0.2) is 17.0 Å². The first-order valence-corrected chi connectivity index (χ1v) is 7.19. The second-order valence-corrected chi connectivity index (χ2v) is 5.71. The Morgan fingerprint density at radius 3 is 3.18 bits per heavy atom. The van der Waals surface area contributed by atoms with Gasteiger partial charge in [-0.3, -0.25) is 0 Å². The first-order chi connectivity index (χ1) is 8.34. The van der Waals surface area contributed by atoms with E-state index in [-0.39, 0.29) is 0 Å². The van der Waals surface area contributed by atoms with Crippen molar-refractivity contribution in [1.82, 2.24) is 9.69 Å². The largest absolute Gasteiger partial charge is 0.314 e. The highest BCUT2D eigenvalue weighted by Crippen LogP contribution is 2.27. The topological polar surface area (TPSA) is 24.9 Å². The van der Waals surface area contributed by atoms with Crippen LogP contribution < -0.4 is 5.32 Å². The molecule has 1 aromatic carbocycles. The maximum atomic E-state index is 4.47. The van der Waals surface area contributed by atoms with Crippen LogP contribution >= 0.6 is 11.5 Å². The molecule has 1 aliphatic heterocycles. The van der Waals surface area contributed by atoms with Crippen LogP contribution in [0.15, 0.2) is 18.2 Å². The van der Waals surface area contributed by atoms with Gasteiger partial charge in [0.25, 0.3) is 0 Å². The van der Waals surface area contributed by atoms with Gasteiger partial charge in [-0.2, -0.15) is 4.37 Å². The maximum Gasteiger partial charge on any atom is 0.0592 e. The van der Waals surface area contributed by atoms with Crippen LogP contribution in [0, 0.1) is 6.92 Å². The number of aryl methyl sites for hydroxylation is 1. The molecule has 0 saturated carbocycles. The number of piperidine rings is 1. The molecule has 2 heterocycles. The molecule has 90 valence electrons. The van der Waals surface area contributed by atoms with E-state index in [1.54, 1.807) is 11.5 Å². The Hall–Kier alpha value is -0.930. The number of rotatable bonds is 2. The molecule has 3 heteroatoms. The molecule has 1 atom stereocenters. The molecule has 2 aromatic rings. The van der Waals surface area contributed by atoms with Gasteiger partial charge >= 0.3 is 0 Å². The van der Waals surface area contributed by atoms with Crippen molar-refractivity contribution in [2.45, 2.75) is 38.6 Å². The van der Waals surface area contributed by atoms with Gasteiger partial charge in [0.15, 0.2) is 0 Å². The zero-order valence-corrected chi connectivity index (χ0v) is 11.0. The van der Waals surface area contributed by atoms with Gasteiger partial charge in [-0.25, -0.2) is 0 Å². The van der Waals surface area contributed by atoms with Gasteiger partial charge in [0.1, 0.15) is 0 Å². The SMILES string of the molecule is Cc1nsc2cccc(CC3CCCCN3)c12. The molecule has 1 aliphatic rings. The van der Waals surface area contributed by atoms with E-state index in [0.717, 1.165) is 6.42 Å². The van der Waals surface area contributed by atoms with Crippen molar-refractivity contribution in [2.75, 3.05) is 6.54 Å². The van der Waals surface area contributed by atoms with Crippen molar-refractivity contribution in [3.8, 4) is 0 Å². The van der Waals surface area contributed by atoms with Gasteiger partial charge in [-0.05, 0) is 55.9 Å². The molecule has 0 spiro atoms. The first kappa shape index (κ1) is 11.2. The van der Waals surface area contributed by atoms with Crippen molar-refractivity contribution < 1.29 is 0 Å². The first-order valence-electron chi connectivity index (χ1n) is 6.42. The van der Waals surface area contributed by atoms with Gasteiger partial charge in [0.2, 0.25) is 0 Å². The van der Waals surface area contributed by atoms with E-state index in [2.05, 4.69) is 34.8 Å². The Kier molecular flexibility index (Phi) is 3.12. The number of nitrogens with zero attached hydrogens (tertiary/aromatic N) is 1. The molecular formula is C14H18N2S. The average molecular weight is 246 g/mol. The molecule has 1 aromatic heterocycles. The maximum absolute atomic E-state index is 4.47. The van der Waals surface area contributed by atoms with Crippen LogP contribution in [0.5, 0.6) is 0 Å². The van der Waals surface area contributed by atoms with Crippen LogP contribution in [0.1, 0.15) is 30.5 Å². The summed E-state index contributed by atoms with van der Waals surface area (Å²) in [4.78, 5) is 0. The second-order valence-electron chi connectivity index (χ2n) is 4.91. The number of aromatic nitrogens is 1. The molecule has 1 N–H and O–H groups in total. The Balaban J connectivity index is 1.91. The zero-order chi connectivity index (χ0) is 11.7. The number of hydrogen-bond donors (Lipinski definition) is 1. The minimum Gasteiger partial charge on any atom is -0.314 e. The number of fused-ring (bicyclic) bond motifs is 1. The predicted octanol–water partition coefficient (Wildman–Crippen LogP) is 3.29. The standard InChI is InChI=1S/C14H18N2S/c1-10-14-11(5-4-7-13(14)17-16-10)9-12-6-2-3-8-15-12/h4-5,7,12,15H,2-3,6,8-9H2,1H3. The van der Waals surface area contributed by atoms with Crippen LogP contribution in [0.2, 0.25) is 0 Å². The monoisotopic (exact) mass is 246 g/mol. The molecule has 2 nitrogen and oxygen atoms in total. The fourth-order valence-electron chi connectivity index (χ4n) is 2.76. The molecule has 1 saturated heterocycles. The summed E-state index contributed by atoms with van der Waals surface area (Å²) in [5.74, 6) is 0. The van der Waals surface area contributed by atoms with E-state index in [1.807, 2.05) is 0 Å². The molecule has 1 unspecified atom stereocenters. The second kappa shape index (κ2) is 4.75. The molecule has 0 amide bonds. The van der Waals surface area contributed by atoms with Crippen molar-refractivity contribution in [2.24, 2.45) is 0 Å². The molecular weight excluding hydrogens is 228 g/mol. The van der Waals surface area contributed by atoms with E-state index in [9.17, 15) is 0 Å². The minimum absolute atomic E-state index is 0.661. The number of nitrogens with one attached hydrogen (secondary N) is 1. The van der Waals surface area contributed by atoms with Gasteiger partial charge < -0.3 is 5.32 Å². The summed E-state index contributed by atoms with van der Waals surface area (Å²) in [6.45, 7) is 3.30. The fourth-order valence-corrected chi connectivity index (χ4v) is 3.60. The molecule has 3 rings (SSSR count). The summed E-state index contributed by atoms with van der Waals surface area (Å²) in [7, 11) is 0. The lowest BCUT2D eigenvalue weighted by molar-refractivity contribution is 0.400. The van der Waals surface area contributed by atoms with E-state index in [0.29, 0.717) is 6.04 Å². The summed E-state index contributed by atoms with van der Waals surface area (Å²) in [5, 5.41) is 5.02. The van der Waals surface area contributed by atoms with Crippen LogP contribution in [0.25, 0.3) is 10.1 Å². The van der Waals surface area contributed by atoms with Crippen molar-refractivity contribution in [3.05, 3.63) is 29.5 Å². The molecule has 0 bridgehead atoms. The van der Waals surface area contributed by atoms with E-state index in [1.165, 1.54) is 47.2 Å². The van der Waals surface area contributed by atoms with Gasteiger partial charge in [-0.15, -0.1) is 0 Å². The summed E-state index contributed by atoms with van der Waals surface area (Å²) in [6, 6.07) is 7.27. The number of benzene rings is 1. The van der Waals surface area contributed by atoms with Crippen LogP contribution in [0.4, 0.5) is 0 Å². The third-order valence-corrected chi connectivity index (χ3v) is 4.54. The van der Waals surface area contributed by atoms with Gasteiger partial charge in [0, 0.05) is 11.4 Å². The summed E-state index contributed by atoms with van der Waals surface area (Å²) < 4.78 is 5.80. The Labute approximate surface area is 106 Å². The fraction of sp³-hybridized carbons (Fsp3) is 0.500. The molecule has 1 fully saturated rings. The molecule has 17 heavy (non-hydrogen) atoms.